The zero-order valence-corrected chi connectivity index (χ0v) is 23.5. The van der Waals surface area contributed by atoms with E-state index in [1.54, 1.807) is 10.7 Å². The van der Waals surface area contributed by atoms with Gasteiger partial charge in [-0.3, -0.25) is 0 Å². The van der Waals surface area contributed by atoms with Gasteiger partial charge in [-0.25, -0.2) is 0 Å². The Balaban J connectivity index is 1.55. The summed E-state index contributed by atoms with van der Waals surface area (Å²) in [5.41, 5.74) is 4.57. The van der Waals surface area contributed by atoms with E-state index in [1.165, 1.54) is 6.07 Å². The molecule has 0 aliphatic heterocycles. The first-order valence-corrected chi connectivity index (χ1v) is 14.5. The van der Waals surface area contributed by atoms with Crippen molar-refractivity contribution in [3.05, 3.63) is 113 Å². The van der Waals surface area contributed by atoms with Crippen molar-refractivity contribution < 1.29 is 23.1 Å². The number of aromatic nitrogens is 2. The number of hydrogen-bond acceptors (Lipinski definition) is 2. The summed E-state index contributed by atoms with van der Waals surface area (Å²) in [6.45, 7) is 4.35. The summed E-state index contributed by atoms with van der Waals surface area (Å²) in [7, 11) is 0. The van der Waals surface area contributed by atoms with Crippen LogP contribution in [0.3, 0.4) is 0 Å². The second kappa shape index (κ2) is 10.7. The molecule has 0 aliphatic carbocycles. The Morgan fingerprint density at radius 3 is 2.36 bits per heavy atom. The molecular weight excluding hydrogens is 564 g/mol. The van der Waals surface area contributed by atoms with Crippen LogP contribution in [-0.4, -0.2) is 36.6 Å². The second-order valence-electron chi connectivity index (χ2n) is 9.61. The minimum absolute atomic E-state index is 0.0175. The molecule has 8 heteroatoms. The number of carbonyl (C=O) groups is 1. The molecule has 5 rings (SSSR count). The summed E-state index contributed by atoms with van der Waals surface area (Å²) in [5, 5.41) is 14.0. The van der Waals surface area contributed by atoms with Crippen molar-refractivity contribution in [1.29, 1.82) is 0 Å². The number of hydrogen-bond donors (Lipinski definition) is 1. The quantitative estimate of drug-likeness (QED) is 0.259. The van der Waals surface area contributed by atoms with Gasteiger partial charge in [-0.1, -0.05) is 0 Å². The topological polar surface area (TPSA) is 55.1 Å². The normalized spacial score (nSPS) is 12.0. The SMILES string of the molecule is Cc1ccc(Cn2nc3c(C(F)(F)F)cccc3c2-c2ccc([AsH]c3cccc(CC(=O)O)c3)cc2)c(C)c1. The van der Waals surface area contributed by atoms with Crippen molar-refractivity contribution >= 4 is 41.3 Å². The van der Waals surface area contributed by atoms with Crippen molar-refractivity contribution in [3.63, 3.8) is 0 Å². The number of benzene rings is 4. The third-order valence-electron chi connectivity index (χ3n) is 6.62. The van der Waals surface area contributed by atoms with Gasteiger partial charge in [-0.2, -0.15) is 0 Å². The van der Waals surface area contributed by atoms with Crippen LogP contribution in [0.4, 0.5) is 13.2 Å². The van der Waals surface area contributed by atoms with Gasteiger partial charge in [0.2, 0.25) is 0 Å². The summed E-state index contributed by atoms with van der Waals surface area (Å²) in [4.78, 5) is 11.1. The van der Waals surface area contributed by atoms with Crippen LogP contribution in [0.25, 0.3) is 22.2 Å². The molecule has 5 aromatic rings. The Hall–Kier alpha value is -3.83. The van der Waals surface area contributed by atoms with Gasteiger partial charge < -0.3 is 0 Å². The molecule has 0 saturated heterocycles. The molecule has 0 saturated carbocycles. The van der Waals surface area contributed by atoms with Gasteiger partial charge in [-0.05, 0) is 0 Å². The average Bonchev–Trinajstić information content (AvgIpc) is 3.23. The van der Waals surface area contributed by atoms with Crippen molar-refractivity contribution in [2.45, 2.75) is 33.0 Å². The molecule has 1 aromatic heterocycles. The maximum atomic E-state index is 13.9. The predicted molar refractivity (Wildman–Crippen MR) is 149 cm³/mol. The van der Waals surface area contributed by atoms with Crippen LogP contribution >= 0.6 is 0 Å². The third kappa shape index (κ3) is 5.94. The van der Waals surface area contributed by atoms with Crippen LogP contribution in [0.1, 0.15) is 27.8 Å². The zero-order chi connectivity index (χ0) is 27.7. The van der Waals surface area contributed by atoms with Gasteiger partial charge in [0.15, 0.2) is 0 Å². The molecular formula is C31H26AsF3N2O2. The average molecular weight is 590 g/mol. The van der Waals surface area contributed by atoms with Gasteiger partial charge >= 0.3 is 231 Å². The molecule has 0 spiro atoms. The van der Waals surface area contributed by atoms with E-state index in [0.29, 0.717) is 17.6 Å². The molecule has 1 heterocycles. The molecule has 198 valence electrons. The number of aliphatic carboxylic acids is 1. The van der Waals surface area contributed by atoms with Gasteiger partial charge in [0.05, 0.1) is 0 Å². The number of aryl methyl sites for hydroxylation is 2. The molecule has 0 amide bonds. The summed E-state index contributed by atoms with van der Waals surface area (Å²) in [5.74, 6) is -0.866. The first-order valence-electron chi connectivity index (χ1n) is 12.4. The van der Waals surface area contributed by atoms with Crippen LogP contribution in [0, 0.1) is 13.8 Å². The van der Waals surface area contributed by atoms with Crippen LogP contribution in [0.2, 0.25) is 0 Å². The van der Waals surface area contributed by atoms with Crippen LogP contribution in [-0.2, 0) is 23.9 Å². The fraction of sp³-hybridized carbons (Fsp3) is 0.161. The van der Waals surface area contributed by atoms with E-state index >= 15 is 0 Å². The van der Waals surface area contributed by atoms with Crippen LogP contribution in [0.5, 0.6) is 0 Å². The number of fused-ring (bicyclic) bond motifs is 1. The predicted octanol–water partition coefficient (Wildman–Crippen LogP) is 5.40. The van der Waals surface area contributed by atoms with E-state index in [2.05, 4.69) is 11.2 Å². The standard InChI is InChI=1S/C31H26AsF3N2O2/c1-19-9-10-23(20(2)15-19)18-37-30(26-7-4-8-27(29(26)36-37)31(33,34)35)22-11-13-24(14-12-22)32-25-6-3-5-21(16-25)17-28(38)39/h3-16,32H,17-18H2,1-2H3,(H,38,39). The molecule has 0 fully saturated rings. The Bertz CT molecular complexity index is 1670. The monoisotopic (exact) mass is 590 g/mol. The maximum absolute atomic E-state index is 13.9. The van der Waals surface area contributed by atoms with E-state index in [0.717, 1.165) is 42.6 Å². The number of halogens is 3. The zero-order valence-electron chi connectivity index (χ0n) is 21.4. The summed E-state index contributed by atoms with van der Waals surface area (Å²) >= 11 is -0.721. The number of rotatable bonds is 7. The molecule has 1 unspecified atom stereocenters. The molecule has 0 radical (unpaired) electrons. The minimum atomic E-state index is -4.51. The van der Waals surface area contributed by atoms with Crippen molar-refractivity contribution in [2.24, 2.45) is 0 Å². The summed E-state index contributed by atoms with van der Waals surface area (Å²) < 4.78 is 45.6. The third-order valence-corrected chi connectivity index (χ3v) is 9.19. The second-order valence-corrected chi connectivity index (χ2v) is 12.6. The molecule has 1 N–H and O–H groups in total. The van der Waals surface area contributed by atoms with E-state index in [1.807, 2.05) is 74.5 Å². The number of carboxylic acid groups (broad SMARTS) is 1. The first kappa shape index (κ1) is 26.8. The Morgan fingerprint density at radius 1 is 0.923 bits per heavy atom. The number of carboxylic acids is 1. The number of nitrogens with zero attached hydrogens (tertiary/aromatic N) is 2. The van der Waals surface area contributed by atoms with Gasteiger partial charge in [-0.15, -0.1) is 0 Å². The van der Waals surface area contributed by atoms with Crippen molar-refractivity contribution in [1.82, 2.24) is 9.78 Å². The van der Waals surface area contributed by atoms with Crippen molar-refractivity contribution in [3.8, 4) is 11.3 Å². The molecule has 4 nitrogen and oxygen atoms in total. The van der Waals surface area contributed by atoms with E-state index in [-0.39, 0.29) is 11.9 Å². The van der Waals surface area contributed by atoms with Gasteiger partial charge in [0.25, 0.3) is 0 Å². The van der Waals surface area contributed by atoms with Crippen LogP contribution < -0.4 is 8.70 Å². The van der Waals surface area contributed by atoms with E-state index in [4.69, 9.17) is 5.11 Å². The number of alkyl halides is 3. The molecule has 39 heavy (non-hydrogen) atoms. The summed E-state index contributed by atoms with van der Waals surface area (Å²) in [6.07, 6.45) is -4.53. The Labute approximate surface area is 230 Å². The molecule has 0 bridgehead atoms. The van der Waals surface area contributed by atoms with E-state index in [9.17, 15) is 18.0 Å². The Morgan fingerprint density at radius 2 is 1.67 bits per heavy atom. The van der Waals surface area contributed by atoms with Gasteiger partial charge in [0.1, 0.15) is 0 Å². The first-order chi connectivity index (χ1) is 18.6. The van der Waals surface area contributed by atoms with Gasteiger partial charge in [0, 0.05) is 0 Å². The summed E-state index contributed by atoms with van der Waals surface area (Å²) in [6, 6.07) is 25.8. The van der Waals surface area contributed by atoms with E-state index < -0.39 is 33.5 Å². The fourth-order valence-electron chi connectivity index (χ4n) is 4.80. The Kier molecular flexibility index (Phi) is 7.37. The fourth-order valence-corrected chi connectivity index (χ4v) is 7.11. The van der Waals surface area contributed by atoms with Crippen LogP contribution in [0.15, 0.2) is 84.9 Å². The molecule has 4 aromatic carbocycles. The molecule has 0 aliphatic rings. The molecule has 1 atom stereocenters. The van der Waals surface area contributed by atoms with Crippen molar-refractivity contribution in [2.75, 3.05) is 0 Å².